The second kappa shape index (κ2) is 8.75. The van der Waals surface area contributed by atoms with E-state index in [-0.39, 0.29) is 11.9 Å². The summed E-state index contributed by atoms with van der Waals surface area (Å²) in [4.78, 5) is 12.6. The minimum Gasteiger partial charge on any atom is -0.496 e. The zero-order valence-corrected chi connectivity index (χ0v) is 16.6. The number of hydrogen-bond donors (Lipinski definition) is 1. The summed E-state index contributed by atoms with van der Waals surface area (Å²) in [5.74, 6) is 1.45. The van der Waals surface area contributed by atoms with Crippen molar-refractivity contribution < 1.29 is 14.3 Å². The van der Waals surface area contributed by atoms with E-state index in [0.717, 1.165) is 40.2 Å². The predicted molar refractivity (Wildman–Crippen MR) is 105 cm³/mol. The highest BCUT2D eigenvalue weighted by Gasteiger charge is 2.20. The van der Waals surface area contributed by atoms with Crippen molar-refractivity contribution in [2.45, 2.75) is 53.2 Å². The van der Waals surface area contributed by atoms with Gasteiger partial charge in [-0.05, 0) is 74.6 Å². The largest absolute Gasteiger partial charge is 0.496 e. The number of nitrogens with one attached hydrogen (secondary N) is 1. The van der Waals surface area contributed by atoms with Crippen molar-refractivity contribution in [3.8, 4) is 11.5 Å². The average Bonchev–Trinajstić information content (AvgIpc) is 2.58. The maximum absolute atomic E-state index is 12.6. The Morgan fingerprint density at radius 3 is 2.27 bits per heavy atom. The van der Waals surface area contributed by atoms with Gasteiger partial charge in [0, 0.05) is 0 Å². The van der Waals surface area contributed by atoms with Crippen LogP contribution in [0.2, 0.25) is 0 Å². The lowest BCUT2D eigenvalue weighted by Crippen LogP contribution is -2.38. The van der Waals surface area contributed by atoms with Crippen LogP contribution < -0.4 is 14.8 Å². The molecule has 4 heteroatoms. The molecular formula is C22H29NO3. The highest BCUT2D eigenvalue weighted by atomic mass is 16.5. The molecule has 0 fully saturated rings. The Hall–Kier alpha value is -2.49. The summed E-state index contributed by atoms with van der Waals surface area (Å²) in [5, 5.41) is 3.09. The van der Waals surface area contributed by atoms with Crippen LogP contribution in [0, 0.1) is 20.8 Å². The normalized spacial score (nSPS) is 13.0. The standard InChI is InChI=1S/C22H29NO3/c1-7-20(18-8-9-21(25-6)16(4)13-18)23-22(24)17(5)26-19-11-14(2)10-15(3)12-19/h8-13,17,20H,7H2,1-6H3,(H,23,24). The summed E-state index contributed by atoms with van der Waals surface area (Å²) in [6, 6.07) is 11.9. The molecule has 1 amide bonds. The van der Waals surface area contributed by atoms with E-state index in [9.17, 15) is 4.79 Å². The van der Waals surface area contributed by atoms with Crippen LogP contribution in [0.25, 0.3) is 0 Å². The molecule has 0 aliphatic rings. The number of carbonyl (C=O) groups is 1. The number of benzene rings is 2. The van der Waals surface area contributed by atoms with Gasteiger partial charge in [-0.25, -0.2) is 0 Å². The van der Waals surface area contributed by atoms with Crippen LogP contribution in [0.3, 0.4) is 0 Å². The molecule has 0 aliphatic heterocycles. The van der Waals surface area contributed by atoms with Crippen molar-refractivity contribution in [2.24, 2.45) is 0 Å². The van der Waals surface area contributed by atoms with Crippen LogP contribution in [0.5, 0.6) is 11.5 Å². The van der Waals surface area contributed by atoms with Crippen LogP contribution in [0.15, 0.2) is 36.4 Å². The molecule has 2 aromatic carbocycles. The molecule has 2 rings (SSSR count). The summed E-state index contributed by atoms with van der Waals surface area (Å²) in [5.41, 5.74) is 4.36. The average molecular weight is 355 g/mol. The van der Waals surface area contributed by atoms with Crippen LogP contribution in [0.4, 0.5) is 0 Å². The maximum Gasteiger partial charge on any atom is 0.261 e. The molecule has 0 radical (unpaired) electrons. The number of rotatable bonds is 7. The summed E-state index contributed by atoms with van der Waals surface area (Å²) >= 11 is 0. The van der Waals surface area contributed by atoms with Crippen molar-refractivity contribution in [2.75, 3.05) is 7.11 Å². The van der Waals surface area contributed by atoms with Gasteiger partial charge in [-0.15, -0.1) is 0 Å². The maximum atomic E-state index is 12.6. The molecule has 140 valence electrons. The Bertz CT molecular complexity index is 750. The molecular weight excluding hydrogens is 326 g/mol. The van der Waals surface area contributed by atoms with E-state index < -0.39 is 6.10 Å². The highest BCUT2D eigenvalue weighted by Crippen LogP contribution is 2.24. The van der Waals surface area contributed by atoms with E-state index in [4.69, 9.17) is 9.47 Å². The van der Waals surface area contributed by atoms with Crippen molar-refractivity contribution in [3.63, 3.8) is 0 Å². The third-order valence-corrected chi connectivity index (χ3v) is 4.42. The molecule has 26 heavy (non-hydrogen) atoms. The molecule has 4 nitrogen and oxygen atoms in total. The van der Waals surface area contributed by atoms with Crippen LogP contribution in [-0.2, 0) is 4.79 Å². The number of amides is 1. The predicted octanol–water partition coefficient (Wildman–Crippen LogP) is 4.66. The van der Waals surface area contributed by atoms with E-state index in [1.54, 1.807) is 14.0 Å². The lowest BCUT2D eigenvalue weighted by atomic mass is 10.0. The molecule has 0 saturated heterocycles. The van der Waals surface area contributed by atoms with Crippen LogP contribution in [-0.4, -0.2) is 19.1 Å². The van der Waals surface area contributed by atoms with Crippen LogP contribution in [0.1, 0.15) is 48.6 Å². The molecule has 2 unspecified atom stereocenters. The zero-order chi connectivity index (χ0) is 19.3. The SMILES string of the molecule is CCC(NC(=O)C(C)Oc1cc(C)cc(C)c1)c1ccc(OC)c(C)c1. The number of ether oxygens (including phenoxy) is 2. The van der Waals surface area contributed by atoms with Gasteiger partial charge < -0.3 is 14.8 Å². The van der Waals surface area contributed by atoms with Gasteiger partial charge >= 0.3 is 0 Å². The Kier molecular flexibility index (Phi) is 6.67. The quantitative estimate of drug-likeness (QED) is 0.786. The van der Waals surface area contributed by atoms with E-state index in [1.165, 1.54) is 0 Å². The van der Waals surface area contributed by atoms with Gasteiger partial charge in [-0.1, -0.05) is 25.1 Å². The number of hydrogen-bond acceptors (Lipinski definition) is 3. The number of carbonyl (C=O) groups excluding carboxylic acids is 1. The van der Waals surface area contributed by atoms with Gasteiger partial charge in [0.05, 0.1) is 13.2 Å². The van der Waals surface area contributed by atoms with E-state index in [1.807, 2.05) is 45.0 Å². The molecule has 1 N–H and O–H groups in total. The van der Waals surface area contributed by atoms with Gasteiger partial charge in [-0.2, -0.15) is 0 Å². The molecule has 0 aromatic heterocycles. The van der Waals surface area contributed by atoms with Gasteiger partial charge in [0.1, 0.15) is 11.5 Å². The highest BCUT2D eigenvalue weighted by molar-refractivity contribution is 5.81. The first-order chi connectivity index (χ1) is 12.3. The molecule has 0 aliphatic carbocycles. The second-order valence-electron chi connectivity index (χ2n) is 6.78. The summed E-state index contributed by atoms with van der Waals surface area (Å²) < 4.78 is 11.2. The van der Waals surface area contributed by atoms with Crippen molar-refractivity contribution in [1.82, 2.24) is 5.32 Å². The fourth-order valence-corrected chi connectivity index (χ4v) is 3.09. The summed E-state index contributed by atoms with van der Waals surface area (Å²) in [7, 11) is 1.66. The zero-order valence-electron chi connectivity index (χ0n) is 16.6. The monoisotopic (exact) mass is 355 g/mol. The minimum absolute atomic E-state index is 0.0580. The first-order valence-electron chi connectivity index (χ1n) is 9.04. The number of methoxy groups -OCH3 is 1. The Morgan fingerprint density at radius 2 is 1.73 bits per heavy atom. The summed E-state index contributed by atoms with van der Waals surface area (Å²) in [6.07, 6.45) is 0.234. The topological polar surface area (TPSA) is 47.6 Å². The minimum atomic E-state index is -0.565. The van der Waals surface area contributed by atoms with Crippen molar-refractivity contribution in [1.29, 1.82) is 0 Å². The Balaban J connectivity index is 2.07. The molecule has 0 spiro atoms. The Morgan fingerprint density at radius 1 is 1.08 bits per heavy atom. The fourth-order valence-electron chi connectivity index (χ4n) is 3.09. The lowest BCUT2D eigenvalue weighted by Gasteiger charge is -2.22. The molecule has 2 aromatic rings. The summed E-state index contributed by atoms with van der Waals surface area (Å²) in [6.45, 7) is 9.87. The van der Waals surface area contributed by atoms with E-state index in [2.05, 4.69) is 24.4 Å². The lowest BCUT2D eigenvalue weighted by molar-refractivity contribution is -0.128. The third kappa shape index (κ3) is 5.01. The number of aryl methyl sites for hydroxylation is 3. The van der Waals surface area contributed by atoms with Gasteiger partial charge in [0.2, 0.25) is 0 Å². The van der Waals surface area contributed by atoms with E-state index in [0.29, 0.717) is 0 Å². The molecule has 0 heterocycles. The van der Waals surface area contributed by atoms with E-state index >= 15 is 0 Å². The third-order valence-electron chi connectivity index (χ3n) is 4.42. The van der Waals surface area contributed by atoms with Crippen molar-refractivity contribution in [3.05, 3.63) is 58.7 Å². The first-order valence-corrected chi connectivity index (χ1v) is 9.04. The fraction of sp³-hybridized carbons (Fsp3) is 0.409. The molecule has 0 saturated carbocycles. The van der Waals surface area contributed by atoms with Crippen molar-refractivity contribution >= 4 is 5.91 Å². The van der Waals surface area contributed by atoms with Gasteiger partial charge in [0.15, 0.2) is 6.10 Å². The molecule has 2 atom stereocenters. The first kappa shape index (κ1) is 19.8. The van der Waals surface area contributed by atoms with Crippen LogP contribution >= 0.6 is 0 Å². The molecule has 0 bridgehead atoms. The Labute approximate surface area is 156 Å². The van der Waals surface area contributed by atoms with Gasteiger partial charge in [-0.3, -0.25) is 4.79 Å². The second-order valence-corrected chi connectivity index (χ2v) is 6.78. The van der Waals surface area contributed by atoms with Gasteiger partial charge in [0.25, 0.3) is 5.91 Å². The smallest absolute Gasteiger partial charge is 0.261 e.